The summed E-state index contributed by atoms with van der Waals surface area (Å²) in [6.07, 6.45) is 7.14. The molecule has 16 heteroatoms. The third-order valence-electron chi connectivity index (χ3n) is 11.0. The maximum absolute atomic E-state index is 13.6. The van der Waals surface area contributed by atoms with Crippen LogP contribution in [0.25, 0.3) is 44.8 Å². The molecule has 16 nitrogen and oxygen atoms in total. The first kappa shape index (κ1) is 39.9. The third-order valence-corrected chi connectivity index (χ3v) is 11.0. The van der Waals surface area contributed by atoms with Crippen LogP contribution in [0.1, 0.15) is 77.1 Å². The molecule has 0 aliphatic carbocycles. The number of rotatable bonds is 11. The lowest BCUT2D eigenvalue weighted by atomic mass is 10.0. The number of alkyl carbamates (subject to hydrolysis) is 2. The molecule has 2 aliphatic heterocycles. The van der Waals surface area contributed by atoms with Crippen LogP contribution in [0.3, 0.4) is 0 Å². The highest BCUT2D eigenvalue weighted by atomic mass is 16.5. The Kier molecular flexibility index (Phi) is 11.7. The third kappa shape index (κ3) is 8.22. The van der Waals surface area contributed by atoms with Crippen LogP contribution in [0.4, 0.5) is 9.59 Å². The first-order valence-electron chi connectivity index (χ1n) is 19.7. The lowest BCUT2D eigenvalue weighted by molar-refractivity contribution is -0.136. The molecular formula is C42H50N10O6. The fraction of sp³-hybridized carbons (Fsp3) is 0.429. The van der Waals surface area contributed by atoms with Gasteiger partial charge in [0.05, 0.1) is 67.3 Å². The van der Waals surface area contributed by atoms with Crippen LogP contribution in [0.2, 0.25) is 0 Å². The van der Waals surface area contributed by atoms with E-state index in [0.717, 1.165) is 59.1 Å². The Morgan fingerprint density at radius 2 is 1.16 bits per heavy atom. The number of aromatic nitrogens is 6. The largest absolute Gasteiger partial charge is 0.453 e. The maximum Gasteiger partial charge on any atom is 0.407 e. The van der Waals surface area contributed by atoms with E-state index >= 15 is 0 Å². The average Bonchev–Trinajstić information content (AvgIpc) is 4.07. The summed E-state index contributed by atoms with van der Waals surface area (Å²) in [6, 6.07) is 12.3. The van der Waals surface area contributed by atoms with Crippen molar-refractivity contribution in [3.8, 4) is 33.8 Å². The Labute approximate surface area is 336 Å². The van der Waals surface area contributed by atoms with Gasteiger partial charge in [-0.05, 0) is 66.3 Å². The van der Waals surface area contributed by atoms with Crippen molar-refractivity contribution >= 4 is 35.0 Å². The van der Waals surface area contributed by atoms with E-state index < -0.39 is 24.3 Å². The van der Waals surface area contributed by atoms with Crippen molar-refractivity contribution in [1.29, 1.82) is 0 Å². The van der Waals surface area contributed by atoms with Gasteiger partial charge in [-0.15, -0.1) is 0 Å². The second-order valence-corrected chi connectivity index (χ2v) is 15.5. The smallest absolute Gasteiger partial charge is 0.407 e. The summed E-state index contributed by atoms with van der Waals surface area (Å²) >= 11 is 0. The normalized spacial score (nSPS) is 17.8. The lowest BCUT2D eigenvalue weighted by Crippen LogP contribution is -2.51. The second-order valence-electron chi connectivity index (χ2n) is 15.5. The van der Waals surface area contributed by atoms with Crippen molar-refractivity contribution < 1.29 is 28.7 Å². The van der Waals surface area contributed by atoms with Crippen LogP contribution >= 0.6 is 0 Å². The van der Waals surface area contributed by atoms with E-state index in [1.54, 1.807) is 28.4 Å². The van der Waals surface area contributed by atoms with Crippen molar-refractivity contribution in [1.82, 2.24) is 50.3 Å². The monoisotopic (exact) mass is 790 g/mol. The molecule has 5 heterocycles. The zero-order valence-corrected chi connectivity index (χ0v) is 33.6. The number of H-pyrrole nitrogens is 2. The van der Waals surface area contributed by atoms with Gasteiger partial charge in [-0.1, -0.05) is 58.0 Å². The topological polar surface area (TPSA) is 200 Å². The molecule has 0 unspecified atom stereocenters. The second kappa shape index (κ2) is 17.0. The van der Waals surface area contributed by atoms with E-state index in [1.807, 2.05) is 70.2 Å². The number of carbonyl (C=O) groups excluding carboxylic acids is 4. The van der Waals surface area contributed by atoms with Gasteiger partial charge in [0.1, 0.15) is 29.4 Å². The first-order chi connectivity index (χ1) is 27.9. The number of likely N-dealkylation sites (tertiary alicyclic amines) is 2. The van der Waals surface area contributed by atoms with Crippen molar-refractivity contribution in [2.75, 3.05) is 27.3 Å². The molecule has 4 atom stereocenters. The Morgan fingerprint density at radius 1 is 0.655 bits per heavy atom. The number of amides is 4. The van der Waals surface area contributed by atoms with Gasteiger partial charge in [-0.25, -0.2) is 24.5 Å². The summed E-state index contributed by atoms with van der Waals surface area (Å²) in [5.74, 6) is 0.826. The molecule has 2 aliphatic rings. The minimum Gasteiger partial charge on any atom is -0.453 e. The molecule has 2 fully saturated rings. The van der Waals surface area contributed by atoms with E-state index in [-0.39, 0.29) is 35.7 Å². The fourth-order valence-corrected chi connectivity index (χ4v) is 7.84. The van der Waals surface area contributed by atoms with Gasteiger partial charge in [-0.2, -0.15) is 0 Å². The SMILES string of the molecule is COC(=O)N[C@H](C(=O)N1CCC[C@H]1c1ncc(-c2ccc(-c3ccc4nc(-c5cnc([C@@H]6CCCN6C(=O)[C@@H](NC(=O)OC)C(C)C)[nH]5)cnc4c3)cc2)[nH]1)C(C)C. The molecule has 58 heavy (non-hydrogen) atoms. The predicted molar refractivity (Wildman–Crippen MR) is 216 cm³/mol. The average molecular weight is 791 g/mol. The number of fused-ring (bicyclic) bond motifs is 1. The van der Waals surface area contributed by atoms with Crippen LogP contribution in [0.15, 0.2) is 61.1 Å². The van der Waals surface area contributed by atoms with Crippen molar-refractivity contribution in [2.45, 2.75) is 77.5 Å². The number of imidazole rings is 2. The maximum atomic E-state index is 13.6. The number of benzene rings is 2. The molecule has 0 spiro atoms. The molecule has 3 aromatic heterocycles. The molecule has 4 N–H and O–H groups in total. The quantitative estimate of drug-likeness (QED) is 0.120. The highest BCUT2D eigenvalue weighted by molar-refractivity contribution is 5.87. The predicted octanol–water partition coefficient (Wildman–Crippen LogP) is 6.17. The summed E-state index contributed by atoms with van der Waals surface area (Å²) in [6.45, 7) is 8.72. The van der Waals surface area contributed by atoms with E-state index in [9.17, 15) is 19.2 Å². The minimum absolute atomic E-state index is 0.111. The summed E-state index contributed by atoms with van der Waals surface area (Å²) < 4.78 is 9.51. The van der Waals surface area contributed by atoms with Gasteiger partial charge in [0.25, 0.3) is 0 Å². The number of methoxy groups -OCH3 is 2. The van der Waals surface area contributed by atoms with Gasteiger partial charge in [0.2, 0.25) is 11.8 Å². The number of nitrogens with one attached hydrogen (secondary N) is 4. The molecule has 7 rings (SSSR count). The lowest BCUT2D eigenvalue weighted by Gasteiger charge is -2.30. The molecule has 5 aromatic rings. The summed E-state index contributed by atoms with van der Waals surface area (Å²) in [7, 11) is 2.57. The summed E-state index contributed by atoms with van der Waals surface area (Å²) in [4.78, 5) is 80.3. The van der Waals surface area contributed by atoms with Crippen LogP contribution in [-0.2, 0) is 19.1 Å². The Balaban J connectivity index is 1.02. The minimum atomic E-state index is -0.710. The van der Waals surface area contributed by atoms with Gasteiger partial charge in [0, 0.05) is 13.1 Å². The molecule has 2 aromatic carbocycles. The Bertz CT molecular complexity index is 2290. The van der Waals surface area contributed by atoms with Crippen molar-refractivity contribution in [3.05, 3.63) is 72.7 Å². The van der Waals surface area contributed by atoms with Crippen molar-refractivity contribution in [3.63, 3.8) is 0 Å². The van der Waals surface area contributed by atoms with Crippen molar-refractivity contribution in [2.24, 2.45) is 11.8 Å². The number of nitrogens with zero attached hydrogens (tertiary/aromatic N) is 6. The van der Waals surface area contributed by atoms with Gasteiger partial charge >= 0.3 is 12.2 Å². The van der Waals surface area contributed by atoms with Crippen LogP contribution in [0.5, 0.6) is 0 Å². The number of carbonyl (C=O) groups is 4. The van der Waals surface area contributed by atoms with Gasteiger partial charge < -0.3 is 39.9 Å². The summed E-state index contributed by atoms with van der Waals surface area (Å²) in [5, 5.41) is 5.38. The summed E-state index contributed by atoms with van der Waals surface area (Å²) in [5.41, 5.74) is 6.60. The molecule has 4 amide bonds. The molecular weight excluding hydrogens is 741 g/mol. The van der Waals surface area contributed by atoms with Crippen LogP contribution < -0.4 is 10.6 Å². The van der Waals surface area contributed by atoms with E-state index in [1.165, 1.54) is 14.2 Å². The first-order valence-corrected chi connectivity index (χ1v) is 19.7. The highest BCUT2D eigenvalue weighted by Crippen LogP contribution is 2.35. The highest BCUT2D eigenvalue weighted by Gasteiger charge is 2.39. The molecule has 2 saturated heterocycles. The molecule has 0 radical (unpaired) electrons. The Hall–Kier alpha value is -6.32. The zero-order chi connectivity index (χ0) is 41.1. The Morgan fingerprint density at radius 3 is 1.69 bits per heavy atom. The number of hydrogen-bond acceptors (Lipinski definition) is 10. The van der Waals surface area contributed by atoms with E-state index in [0.29, 0.717) is 36.1 Å². The van der Waals surface area contributed by atoms with Crippen LogP contribution in [0, 0.1) is 11.8 Å². The molecule has 304 valence electrons. The van der Waals surface area contributed by atoms with E-state index in [4.69, 9.17) is 19.4 Å². The zero-order valence-electron chi connectivity index (χ0n) is 33.6. The fourth-order valence-electron chi connectivity index (χ4n) is 7.84. The van der Waals surface area contributed by atoms with Crippen LogP contribution in [-0.4, -0.2) is 103 Å². The molecule has 0 bridgehead atoms. The number of ether oxygens (including phenoxy) is 2. The number of hydrogen-bond donors (Lipinski definition) is 4. The van der Waals surface area contributed by atoms with Gasteiger partial charge in [-0.3, -0.25) is 14.6 Å². The molecule has 0 saturated carbocycles. The van der Waals surface area contributed by atoms with E-state index in [2.05, 4.69) is 30.6 Å². The standard InChI is InChI=1S/C42H50N10O6/c1-23(2)35(49-41(55)57-5)39(53)51-17-7-9-33(51)37-44-20-30(47-37)26-13-11-25(12-14-26)27-15-16-28-29(19-27)43-21-31(46-28)32-22-45-38(48-32)34-10-8-18-52(34)40(54)36(24(3)4)50-42(56)58-6/h11-16,19-24,33-36H,7-10,17-18H2,1-6H3,(H,44,47)(H,45,48)(H,49,55)(H,50,56)/t33-,34-,35-,36-/m0/s1. The number of aromatic amines is 2. The van der Waals surface area contributed by atoms with Gasteiger partial charge in [0.15, 0.2) is 0 Å².